The molecule has 0 spiro atoms. The summed E-state index contributed by atoms with van der Waals surface area (Å²) in [5.41, 5.74) is 9.50. The molecule has 6 nitrogen and oxygen atoms in total. The van der Waals surface area contributed by atoms with E-state index in [0.29, 0.717) is 18.7 Å². The number of nitrogens with zero attached hydrogens (tertiary/aromatic N) is 1. The topological polar surface area (TPSA) is 87.5 Å². The van der Waals surface area contributed by atoms with Crippen LogP contribution in [0, 0.1) is 5.92 Å². The predicted molar refractivity (Wildman–Crippen MR) is 82.2 cm³/mol. The molecular formula is C15H20N4O2. The molecule has 3 rings (SSSR count). The number of rotatable bonds is 2. The van der Waals surface area contributed by atoms with Crippen LogP contribution in [0.15, 0.2) is 12.1 Å². The molecule has 0 aromatic heterocycles. The Balaban J connectivity index is 1.85. The largest absolute Gasteiger partial charge is 0.397 e. The Morgan fingerprint density at radius 1 is 1.48 bits per heavy atom. The van der Waals surface area contributed by atoms with Crippen molar-refractivity contribution in [1.29, 1.82) is 0 Å². The highest BCUT2D eigenvalue weighted by Crippen LogP contribution is 2.35. The molecule has 1 unspecified atom stereocenters. The van der Waals surface area contributed by atoms with Crippen LogP contribution < -0.4 is 21.3 Å². The lowest BCUT2D eigenvalue weighted by Crippen LogP contribution is -2.42. The van der Waals surface area contributed by atoms with Crippen molar-refractivity contribution in [3.63, 3.8) is 0 Å². The normalized spacial score (nSPS) is 20.9. The summed E-state index contributed by atoms with van der Waals surface area (Å²) in [4.78, 5) is 25.4. The fourth-order valence-electron chi connectivity index (χ4n) is 3.17. The lowest BCUT2D eigenvalue weighted by atomic mass is 9.96. The van der Waals surface area contributed by atoms with Gasteiger partial charge in [-0.15, -0.1) is 0 Å². The van der Waals surface area contributed by atoms with Crippen LogP contribution >= 0.6 is 0 Å². The molecule has 112 valence electrons. The monoisotopic (exact) mass is 288 g/mol. The van der Waals surface area contributed by atoms with Crippen LogP contribution in [0.2, 0.25) is 0 Å². The first-order valence-electron chi connectivity index (χ1n) is 7.27. The molecular weight excluding hydrogens is 268 g/mol. The zero-order valence-electron chi connectivity index (χ0n) is 12.1. The highest BCUT2D eigenvalue weighted by molar-refractivity contribution is 6.01. The molecule has 1 aromatic carbocycles. The number of nitrogens with two attached hydrogens (primary N) is 1. The summed E-state index contributed by atoms with van der Waals surface area (Å²) in [5, 5.41) is 5.56. The van der Waals surface area contributed by atoms with E-state index < -0.39 is 0 Å². The number of carbonyl (C=O) groups is 2. The average molecular weight is 288 g/mol. The van der Waals surface area contributed by atoms with E-state index in [2.05, 4.69) is 15.5 Å². The van der Waals surface area contributed by atoms with Crippen molar-refractivity contribution in [2.45, 2.75) is 19.3 Å². The molecule has 4 N–H and O–H groups in total. The van der Waals surface area contributed by atoms with Crippen molar-refractivity contribution >= 4 is 28.9 Å². The molecule has 1 aromatic rings. The number of nitrogens with one attached hydrogen (secondary N) is 2. The Morgan fingerprint density at radius 2 is 2.29 bits per heavy atom. The van der Waals surface area contributed by atoms with Gasteiger partial charge in [0.25, 0.3) is 0 Å². The van der Waals surface area contributed by atoms with Gasteiger partial charge in [0.2, 0.25) is 11.8 Å². The van der Waals surface area contributed by atoms with Gasteiger partial charge in [0, 0.05) is 25.8 Å². The first-order chi connectivity index (χ1) is 10.1. The summed E-state index contributed by atoms with van der Waals surface area (Å²) in [5.74, 6) is 0.0714. The molecule has 1 saturated heterocycles. The van der Waals surface area contributed by atoms with Crippen LogP contribution in [-0.4, -0.2) is 32.0 Å². The minimum Gasteiger partial charge on any atom is -0.397 e. The number of piperidine rings is 1. The minimum absolute atomic E-state index is 0.00318. The van der Waals surface area contributed by atoms with Crippen molar-refractivity contribution in [3.8, 4) is 0 Å². The van der Waals surface area contributed by atoms with Crippen molar-refractivity contribution in [2.75, 3.05) is 36.1 Å². The fraction of sp³-hybridized carbons (Fsp3) is 0.467. The van der Waals surface area contributed by atoms with Gasteiger partial charge in [-0.3, -0.25) is 9.59 Å². The van der Waals surface area contributed by atoms with Gasteiger partial charge in [0.15, 0.2) is 0 Å². The molecule has 6 heteroatoms. The first-order valence-corrected chi connectivity index (χ1v) is 7.27. The van der Waals surface area contributed by atoms with Gasteiger partial charge in [-0.1, -0.05) is 0 Å². The Bertz CT molecular complexity index is 600. The summed E-state index contributed by atoms with van der Waals surface area (Å²) in [7, 11) is 1.67. The zero-order chi connectivity index (χ0) is 15.0. The van der Waals surface area contributed by atoms with Gasteiger partial charge in [-0.2, -0.15) is 0 Å². The average Bonchev–Trinajstić information content (AvgIpc) is 2.84. The van der Waals surface area contributed by atoms with E-state index in [-0.39, 0.29) is 17.7 Å². The van der Waals surface area contributed by atoms with Crippen LogP contribution in [0.5, 0.6) is 0 Å². The van der Waals surface area contributed by atoms with E-state index in [0.717, 1.165) is 36.3 Å². The second-order valence-corrected chi connectivity index (χ2v) is 5.69. The SMILES string of the molecule is CNC(=O)C1CCCN(c2cc3c(cc2N)CC(=O)N3)C1. The molecule has 21 heavy (non-hydrogen) atoms. The third kappa shape index (κ3) is 2.53. The Morgan fingerprint density at radius 3 is 3.05 bits per heavy atom. The smallest absolute Gasteiger partial charge is 0.228 e. The van der Waals surface area contributed by atoms with Crippen LogP contribution in [0.25, 0.3) is 0 Å². The van der Waals surface area contributed by atoms with E-state index in [1.165, 1.54) is 0 Å². The van der Waals surface area contributed by atoms with E-state index in [9.17, 15) is 9.59 Å². The van der Waals surface area contributed by atoms with Crippen molar-refractivity contribution in [1.82, 2.24) is 5.32 Å². The van der Waals surface area contributed by atoms with E-state index in [4.69, 9.17) is 5.73 Å². The number of amides is 2. The lowest BCUT2D eigenvalue weighted by Gasteiger charge is -2.34. The Hall–Kier alpha value is -2.24. The van der Waals surface area contributed by atoms with Gasteiger partial charge >= 0.3 is 0 Å². The molecule has 2 aliphatic rings. The number of hydrogen-bond acceptors (Lipinski definition) is 4. The van der Waals surface area contributed by atoms with Gasteiger partial charge in [0.05, 0.1) is 23.7 Å². The molecule has 1 fully saturated rings. The van der Waals surface area contributed by atoms with Gasteiger partial charge in [0.1, 0.15) is 0 Å². The summed E-state index contributed by atoms with van der Waals surface area (Å²) < 4.78 is 0. The van der Waals surface area contributed by atoms with Gasteiger partial charge in [-0.05, 0) is 30.5 Å². The van der Waals surface area contributed by atoms with Crippen molar-refractivity contribution < 1.29 is 9.59 Å². The third-order valence-corrected chi connectivity index (χ3v) is 4.26. The molecule has 0 aliphatic carbocycles. The van der Waals surface area contributed by atoms with Crippen molar-refractivity contribution in [2.24, 2.45) is 5.92 Å². The number of hydrogen-bond donors (Lipinski definition) is 3. The number of carbonyl (C=O) groups excluding carboxylic acids is 2. The van der Waals surface area contributed by atoms with Crippen molar-refractivity contribution in [3.05, 3.63) is 17.7 Å². The third-order valence-electron chi connectivity index (χ3n) is 4.26. The van der Waals surface area contributed by atoms with Gasteiger partial charge < -0.3 is 21.3 Å². The Kier molecular flexibility index (Phi) is 3.45. The molecule has 1 atom stereocenters. The highest BCUT2D eigenvalue weighted by Gasteiger charge is 2.27. The van der Waals surface area contributed by atoms with Crippen LogP contribution in [-0.2, 0) is 16.0 Å². The molecule has 0 saturated carbocycles. The maximum absolute atomic E-state index is 11.8. The zero-order valence-corrected chi connectivity index (χ0v) is 12.1. The molecule has 0 radical (unpaired) electrons. The molecule has 2 aliphatic heterocycles. The van der Waals surface area contributed by atoms with E-state index in [1.807, 2.05) is 12.1 Å². The Labute approximate surface area is 123 Å². The first kappa shape index (κ1) is 13.7. The second-order valence-electron chi connectivity index (χ2n) is 5.69. The van der Waals surface area contributed by atoms with Gasteiger partial charge in [-0.25, -0.2) is 0 Å². The molecule has 0 bridgehead atoms. The molecule has 2 amide bonds. The maximum atomic E-state index is 11.8. The number of benzene rings is 1. The lowest BCUT2D eigenvalue weighted by molar-refractivity contribution is -0.124. The second kappa shape index (κ2) is 5.27. The quantitative estimate of drug-likeness (QED) is 0.700. The predicted octanol–water partition coefficient (Wildman–Crippen LogP) is 0.726. The minimum atomic E-state index is -0.00834. The maximum Gasteiger partial charge on any atom is 0.228 e. The van der Waals surface area contributed by atoms with Crippen LogP contribution in [0.3, 0.4) is 0 Å². The number of nitrogen functional groups attached to an aromatic ring is 1. The fourth-order valence-corrected chi connectivity index (χ4v) is 3.17. The number of fused-ring (bicyclic) bond motifs is 1. The van der Waals surface area contributed by atoms with Crippen LogP contribution in [0.1, 0.15) is 18.4 Å². The summed E-state index contributed by atoms with van der Waals surface area (Å²) in [6, 6.07) is 3.80. The van der Waals surface area contributed by atoms with Crippen LogP contribution in [0.4, 0.5) is 17.1 Å². The van der Waals surface area contributed by atoms with E-state index in [1.54, 1.807) is 7.05 Å². The standard InChI is InChI=1S/C15H20N4O2/c1-17-15(21)9-3-2-4-19(8-9)13-7-12-10(5-11(13)16)6-14(20)18-12/h5,7,9H,2-4,6,8,16H2,1H3,(H,17,21)(H,18,20). The summed E-state index contributed by atoms with van der Waals surface area (Å²) in [6.07, 6.45) is 2.25. The molecule has 2 heterocycles. The highest BCUT2D eigenvalue weighted by atomic mass is 16.2. The summed E-state index contributed by atoms with van der Waals surface area (Å²) >= 11 is 0. The van der Waals surface area contributed by atoms with E-state index >= 15 is 0 Å². The number of anilines is 3. The summed E-state index contributed by atoms with van der Waals surface area (Å²) in [6.45, 7) is 1.54.